The third-order valence-corrected chi connectivity index (χ3v) is 2.97. The van der Waals surface area contributed by atoms with Crippen molar-refractivity contribution < 1.29 is 37.5 Å². The molecule has 0 rings (SSSR count). The summed E-state index contributed by atoms with van der Waals surface area (Å²) in [5, 5.41) is 0. The molecule has 0 aliphatic rings. The smallest absolute Gasteiger partial charge is 0.147 e. The van der Waals surface area contributed by atoms with E-state index < -0.39 is 37.5 Å². The zero-order valence-corrected chi connectivity index (χ0v) is 9.83. The van der Waals surface area contributed by atoms with Gasteiger partial charge in [-0.05, 0) is 0 Å². The Bertz CT molecular complexity index is 43.3. The van der Waals surface area contributed by atoms with Crippen LogP contribution in [0.3, 0.4) is 0 Å². The van der Waals surface area contributed by atoms with E-state index in [1.807, 2.05) is 0 Å². The maximum absolute atomic E-state index is 2.32. The molecule has 0 bridgehead atoms. The van der Waals surface area contributed by atoms with Crippen molar-refractivity contribution in [2.24, 2.45) is 0 Å². The summed E-state index contributed by atoms with van der Waals surface area (Å²) in [6.07, 6.45) is 0. The molecule has 0 radical (unpaired) electrons. The van der Waals surface area contributed by atoms with E-state index >= 15 is 0 Å². The van der Waals surface area contributed by atoms with E-state index in [4.69, 9.17) is 0 Å². The van der Waals surface area contributed by atoms with Crippen molar-refractivity contribution in [1.29, 1.82) is 0 Å². The average Bonchev–Trinajstić information content (AvgIpc) is 1.27. The van der Waals surface area contributed by atoms with E-state index in [0.717, 1.165) is 0 Å². The van der Waals surface area contributed by atoms with Gasteiger partial charge in [-0.3, -0.25) is 0 Å². The van der Waals surface area contributed by atoms with Gasteiger partial charge in [0, 0.05) is 0 Å². The van der Waals surface area contributed by atoms with Crippen molar-refractivity contribution in [3.63, 3.8) is 0 Å². The Kier molecular flexibility index (Phi) is 10.2. The van der Waals surface area contributed by atoms with Gasteiger partial charge in [0.25, 0.3) is 0 Å². The SMILES string of the molecule is C[N](C)[Nd][N](C)C.Cl. The maximum atomic E-state index is 2.32. The van der Waals surface area contributed by atoms with Crippen LogP contribution in [-0.2, 0) is 0 Å². The van der Waals surface area contributed by atoms with E-state index in [0.29, 0.717) is 0 Å². The van der Waals surface area contributed by atoms with Gasteiger partial charge in [-0.15, -0.1) is 12.4 Å². The van der Waals surface area contributed by atoms with Crippen molar-refractivity contribution in [3.05, 3.63) is 0 Å². The number of hydrogen-bond donors (Lipinski definition) is 0. The molecular formula is C4H13ClN2Nd. The first-order valence-electron chi connectivity index (χ1n) is 2.24. The minimum atomic E-state index is -0.485. The van der Waals surface area contributed by atoms with Crippen LogP contribution in [0.5, 0.6) is 0 Å². The van der Waals surface area contributed by atoms with E-state index in [9.17, 15) is 0 Å². The average molecular weight is 269 g/mol. The van der Waals surface area contributed by atoms with Crippen LogP contribution >= 0.6 is 12.4 Å². The Morgan fingerprint density at radius 1 is 0.875 bits per heavy atom. The molecule has 0 atom stereocenters. The number of hydrogen-bond acceptors (Lipinski definition) is 2. The van der Waals surface area contributed by atoms with Gasteiger partial charge in [-0.1, -0.05) is 0 Å². The Balaban J connectivity index is 0. The van der Waals surface area contributed by atoms with Crippen molar-refractivity contribution in [2.45, 2.75) is 0 Å². The predicted octanol–water partition coefficient (Wildman–Crippen LogP) is 0.446. The van der Waals surface area contributed by atoms with E-state index in [2.05, 4.69) is 30.2 Å². The summed E-state index contributed by atoms with van der Waals surface area (Å²) in [4.78, 5) is 0. The summed E-state index contributed by atoms with van der Waals surface area (Å²) in [6.45, 7) is 0. The van der Waals surface area contributed by atoms with Crippen LogP contribution in [0.4, 0.5) is 0 Å². The van der Waals surface area contributed by atoms with Gasteiger partial charge in [-0.25, -0.2) is 0 Å². The van der Waals surface area contributed by atoms with Crippen molar-refractivity contribution in [2.75, 3.05) is 28.2 Å². The minimum absolute atomic E-state index is 0. The molecule has 0 saturated heterocycles. The van der Waals surface area contributed by atoms with E-state index in [1.165, 1.54) is 0 Å². The van der Waals surface area contributed by atoms with Gasteiger partial charge >= 0.3 is 67.6 Å². The minimum Gasteiger partial charge on any atom is -0.147 e. The molecule has 0 N–H and O–H groups in total. The molecule has 0 unspecified atom stereocenters. The molecule has 0 aliphatic heterocycles. The quantitative estimate of drug-likeness (QED) is 0.718. The van der Waals surface area contributed by atoms with Gasteiger partial charge in [0.05, 0.1) is 0 Å². The zero-order valence-electron chi connectivity index (χ0n) is 5.80. The summed E-state index contributed by atoms with van der Waals surface area (Å²) in [7, 11) is 8.57. The fraction of sp³-hybridized carbons (Fsp3) is 1.00. The number of nitrogens with zero attached hydrogens (tertiary/aromatic N) is 2. The molecule has 50 valence electrons. The Morgan fingerprint density at radius 3 is 1.12 bits per heavy atom. The van der Waals surface area contributed by atoms with Crippen molar-refractivity contribution in [1.82, 2.24) is 1.97 Å². The largest absolute Gasteiger partial charge is 0.147 e. The zero-order chi connectivity index (χ0) is 5.86. The fourth-order valence-electron chi connectivity index (χ4n) is 0.400. The first-order valence-corrected chi connectivity index (χ1v) is 5.11. The first-order chi connectivity index (χ1) is 3.13. The molecule has 0 aliphatic carbocycles. The molecule has 2 nitrogen and oxygen atoms in total. The third-order valence-electron chi connectivity index (χ3n) is 0.400. The molecule has 0 fully saturated rings. The van der Waals surface area contributed by atoms with Crippen LogP contribution in [0.15, 0.2) is 0 Å². The summed E-state index contributed by atoms with van der Waals surface area (Å²) in [5.41, 5.74) is 0. The Labute approximate surface area is 79.1 Å². The molecule has 0 aromatic carbocycles. The molecule has 8 heavy (non-hydrogen) atoms. The molecule has 0 aromatic rings. The van der Waals surface area contributed by atoms with Crippen LogP contribution in [0.25, 0.3) is 0 Å². The predicted molar refractivity (Wildman–Crippen MR) is 34.6 cm³/mol. The fourth-order valence-corrected chi connectivity index (χ4v) is 2.97. The van der Waals surface area contributed by atoms with Crippen LogP contribution in [0, 0.1) is 37.5 Å². The number of rotatable bonds is 2. The van der Waals surface area contributed by atoms with Crippen LogP contribution in [0.2, 0.25) is 0 Å². The molecular weight excluding hydrogens is 256 g/mol. The van der Waals surface area contributed by atoms with E-state index in [-0.39, 0.29) is 12.4 Å². The molecule has 4 heteroatoms. The molecule has 0 spiro atoms. The van der Waals surface area contributed by atoms with E-state index in [1.54, 1.807) is 0 Å². The van der Waals surface area contributed by atoms with Crippen LogP contribution in [-0.4, -0.2) is 30.2 Å². The second kappa shape index (κ2) is 6.68. The standard InChI is InChI=1S/2C2H6N.ClH.Nd/c2*1-3-2;;/h2*1-2H3;1H;/q2*-1;;+2. The van der Waals surface area contributed by atoms with Gasteiger partial charge in [0.15, 0.2) is 0 Å². The van der Waals surface area contributed by atoms with Gasteiger partial charge < -0.3 is 0 Å². The van der Waals surface area contributed by atoms with Crippen molar-refractivity contribution >= 4 is 12.4 Å². The summed E-state index contributed by atoms with van der Waals surface area (Å²) < 4.78 is 4.64. The molecule has 0 heterocycles. The molecule has 0 saturated carbocycles. The normalized spacial score (nSPS) is 9.25. The second-order valence-electron chi connectivity index (χ2n) is 1.89. The third kappa shape index (κ3) is 10.5. The second-order valence-corrected chi connectivity index (χ2v) is 8.27. The van der Waals surface area contributed by atoms with Crippen LogP contribution in [0.1, 0.15) is 0 Å². The maximum Gasteiger partial charge on any atom is -0.147 e. The molecule has 0 aromatic heterocycles. The first kappa shape index (κ1) is 12.3. The molecule has 0 amide bonds. The van der Waals surface area contributed by atoms with Crippen molar-refractivity contribution in [3.8, 4) is 0 Å². The summed E-state index contributed by atoms with van der Waals surface area (Å²) >= 11 is -0.485. The Morgan fingerprint density at radius 2 is 1.12 bits per heavy atom. The summed E-state index contributed by atoms with van der Waals surface area (Å²) in [6, 6.07) is 0. The van der Waals surface area contributed by atoms with Crippen LogP contribution < -0.4 is 0 Å². The van der Waals surface area contributed by atoms with Gasteiger partial charge in [0.2, 0.25) is 0 Å². The topological polar surface area (TPSA) is 6.48 Å². The summed E-state index contributed by atoms with van der Waals surface area (Å²) in [5.74, 6) is 0. The van der Waals surface area contributed by atoms with Gasteiger partial charge in [-0.2, -0.15) is 0 Å². The Hall–Kier alpha value is 1.56. The van der Waals surface area contributed by atoms with Gasteiger partial charge in [0.1, 0.15) is 0 Å². The number of halogens is 1. The monoisotopic (exact) mass is 266 g/mol.